The zero-order valence-corrected chi connectivity index (χ0v) is 12.5. The van der Waals surface area contributed by atoms with E-state index in [1.165, 1.54) is 11.1 Å². The maximum atomic E-state index is 12.0. The minimum Gasteiger partial charge on any atom is -0.306 e. The average Bonchev–Trinajstić information content (AvgIpc) is 3.20. The molecule has 1 N–H and O–H groups in total. The van der Waals surface area contributed by atoms with E-state index in [1.807, 2.05) is 6.07 Å². The van der Waals surface area contributed by atoms with Crippen molar-refractivity contribution in [1.82, 2.24) is 9.97 Å². The van der Waals surface area contributed by atoms with E-state index in [0.717, 1.165) is 24.1 Å². The maximum absolute atomic E-state index is 12.0. The van der Waals surface area contributed by atoms with Crippen LogP contribution in [0.4, 0.5) is 0 Å². The van der Waals surface area contributed by atoms with Crippen LogP contribution in [-0.4, -0.2) is 9.97 Å². The lowest BCUT2D eigenvalue weighted by Crippen LogP contribution is -2.13. The van der Waals surface area contributed by atoms with E-state index in [4.69, 9.17) is 0 Å². The lowest BCUT2D eigenvalue weighted by atomic mass is 10.1. The van der Waals surface area contributed by atoms with Crippen molar-refractivity contribution in [3.05, 3.63) is 49.8 Å². The summed E-state index contributed by atoms with van der Waals surface area (Å²) in [6, 6.07) is 6.13. The van der Waals surface area contributed by atoms with Gasteiger partial charge in [-0.1, -0.05) is 12.1 Å². The molecule has 0 saturated heterocycles. The largest absolute Gasteiger partial charge is 0.306 e. The number of hydrogen-bond acceptors (Lipinski definition) is 2. The molecule has 3 rings (SSSR count). The number of aromatic amines is 1. The number of aryl methyl sites for hydroxylation is 2. The highest BCUT2D eigenvalue weighted by Crippen LogP contribution is 2.41. The van der Waals surface area contributed by atoms with Crippen LogP contribution in [0.5, 0.6) is 0 Å². The van der Waals surface area contributed by atoms with Crippen LogP contribution in [0, 0.1) is 13.8 Å². The Morgan fingerprint density at radius 3 is 2.63 bits per heavy atom. The summed E-state index contributed by atoms with van der Waals surface area (Å²) in [5.41, 5.74) is 4.22. The van der Waals surface area contributed by atoms with Crippen LogP contribution in [0.3, 0.4) is 0 Å². The monoisotopic (exact) mass is 318 g/mol. The molecule has 1 fully saturated rings. The van der Waals surface area contributed by atoms with Crippen LogP contribution in [0.2, 0.25) is 0 Å². The summed E-state index contributed by atoms with van der Waals surface area (Å²) >= 11 is 3.35. The fraction of sp³-hybridized carbons (Fsp3) is 0.333. The van der Waals surface area contributed by atoms with Crippen LogP contribution in [0.15, 0.2) is 27.5 Å². The van der Waals surface area contributed by atoms with Crippen molar-refractivity contribution < 1.29 is 0 Å². The minimum absolute atomic E-state index is 0.0925. The molecule has 0 aliphatic heterocycles. The summed E-state index contributed by atoms with van der Waals surface area (Å²) in [5, 5.41) is 0. The first kappa shape index (κ1) is 12.6. The molecule has 1 aliphatic rings. The summed E-state index contributed by atoms with van der Waals surface area (Å²) in [4.78, 5) is 19.5. The topological polar surface area (TPSA) is 45.8 Å². The molecular formula is C15H15BrN2O. The van der Waals surface area contributed by atoms with Crippen molar-refractivity contribution in [2.24, 2.45) is 0 Å². The van der Waals surface area contributed by atoms with E-state index in [1.54, 1.807) is 0 Å². The third-order valence-electron chi connectivity index (χ3n) is 3.63. The van der Waals surface area contributed by atoms with Gasteiger partial charge >= 0.3 is 0 Å². The second kappa shape index (κ2) is 4.60. The average molecular weight is 319 g/mol. The molecule has 0 bridgehead atoms. The lowest BCUT2D eigenvalue weighted by Gasteiger charge is -2.08. The van der Waals surface area contributed by atoms with Crippen molar-refractivity contribution in [1.29, 1.82) is 0 Å². The Labute approximate surface area is 120 Å². The lowest BCUT2D eigenvalue weighted by molar-refractivity contribution is 0.959. The zero-order chi connectivity index (χ0) is 13.6. The molecule has 98 valence electrons. The summed E-state index contributed by atoms with van der Waals surface area (Å²) in [6.07, 6.45) is 2.25. The quantitative estimate of drug-likeness (QED) is 0.917. The van der Waals surface area contributed by atoms with Gasteiger partial charge in [0.25, 0.3) is 5.56 Å². The first-order chi connectivity index (χ1) is 9.06. The smallest absolute Gasteiger partial charge is 0.265 e. The maximum Gasteiger partial charge on any atom is 0.265 e. The Morgan fingerprint density at radius 1 is 1.26 bits per heavy atom. The molecule has 1 aromatic heterocycles. The Hall–Kier alpha value is -1.42. The molecule has 2 aromatic rings. The first-order valence-electron chi connectivity index (χ1n) is 6.43. The Morgan fingerprint density at radius 2 is 2.00 bits per heavy atom. The van der Waals surface area contributed by atoms with E-state index < -0.39 is 0 Å². The van der Waals surface area contributed by atoms with Gasteiger partial charge in [0.2, 0.25) is 0 Å². The predicted molar refractivity (Wildman–Crippen MR) is 79.4 cm³/mol. The third kappa shape index (κ3) is 2.37. The van der Waals surface area contributed by atoms with E-state index >= 15 is 0 Å². The summed E-state index contributed by atoms with van der Waals surface area (Å²) in [5.74, 6) is 1.11. The number of nitrogens with one attached hydrogen (secondary N) is 1. The normalized spacial score (nSPS) is 14.7. The first-order valence-corrected chi connectivity index (χ1v) is 7.23. The fourth-order valence-corrected chi connectivity index (χ4v) is 2.64. The highest BCUT2D eigenvalue weighted by molar-refractivity contribution is 9.10. The molecule has 3 nitrogen and oxygen atoms in total. The molecule has 0 radical (unpaired) electrons. The molecule has 0 unspecified atom stereocenters. The van der Waals surface area contributed by atoms with E-state index in [9.17, 15) is 4.79 Å². The standard InChI is InChI=1S/C15H15BrN2O/c1-8-3-4-11(7-9(8)2)14-17-13(10-5-6-10)12(16)15(19)18-14/h3-4,7,10H,5-6H2,1-2H3,(H,17,18,19). The van der Waals surface area contributed by atoms with Crippen molar-refractivity contribution in [3.63, 3.8) is 0 Å². The molecule has 19 heavy (non-hydrogen) atoms. The number of nitrogens with zero attached hydrogens (tertiary/aromatic N) is 1. The fourth-order valence-electron chi connectivity index (χ4n) is 2.13. The van der Waals surface area contributed by atoms with E-state index in [2.05, 4.69) is 51.9 Å². The molecule has 0 atom stereocenters. The number of rotatable bonds is 2. The van der Waals surface area contributed by atoms with E-state index in [0.29, 0.717) is 16.2 Å². The van der Waals surface area contributed by atoms with Gasteiger partial charge in [-0.2, -0.15) is 0 Å². The van der Waals surface area contributed by atoms with E-state index in [-0.39, 0.29) is 5.56 Å². The molecule has 0 amide bonds. The van der Waals surface area contributed by atoms with Gasteiger partial charge in [-0.25, -0.2) is 4.98 Å². The summed E-state index contributed by atoms with van der Waals surface area (Å²) in [7, 11) is 0. The molecule has 4 heteroatoms. The number of benzene rings is 1. The molecule has 1 aromatic carbocycles. The van der Waals surface area contributed by atoms with Crippen LogP contribution < -0.4 is 5.56 Å². The third-order valence-corrected chi connectivity index (χ3v) is 4.40. The molecule has 0 spiro atoms. The van der Waals surface area contributed by atoms with Gasteiger partial charge in [0, 0.05) is 11.5 Å². The number of hydrogen-bond donors (Lipinski definition) is 1. The second-order valence-electron chi connectivity index (χ2n) is 5.19. The Kier molecular flexibility index (Phi) is 3.05. The zero-order valence-electron chi connectivity index (χ0n) is 11.0. The molecule has 1 saturated carbocycles. The van der Waals surface area contributed by atoms with Crippen LogP contribution in [0.25, 0.3) is 11.4 Å². The predicted octanol–water partition coefficient (Wildman–Crippen LogP) is 3.69. The molecule has 1 heterocycles. The number of H-pyrrole nitrogens is 1. The molecular weight excluding hydrogens is 304 g/mol. The summed E-state index contributed by atoms with van der Waals surface area (Å²) in [6.45, 7) is 4.14. The Balaban J connectivity index is 2.14. The highest BCUT2D eigenvalue weighted by Gasteiger charge is 2.29. The van der Waals surface area contributed by atoms with Crippen molar-refractivity contribution >= 4 is 15.9 Å². The van der Waals surface area contributed by atoms with Crippen LogP contribution >= 0.6 is 15.9 Å². The van der Waals surface area contributed by atoms with Crippen LogP contribution in [0.1, 0.15) is 35.6 Å². The van der Waals surface area contributed by atoms with Crippen molar-refractivity contribution in [2.75, 3.05) is 0 Å². The molecule has 1 aliphatic carbocycles. The highest BCUT2D eigenvalue weighted by atomic mass is 79.9. The van der Waals surface area contributed by atoms with Gasteiger partial charge in [-0.3, -0.25) is 4.79 Å². The number of aromatic nitrogens is 2. The minimum atomic E-state index is -0.0925. The van der Waals surface area contributed by atoms with Gasteiger partial charge in [-0.05, 0) is 59.8 Å². The van der Waals surface area contributed by atoms with Gasteiger partial charge in [0.15, 0.2) is 0 Å². The second-order valence-corrected chi connectivity index (χ2v) is 5.98. The van der Waals surface area contributed by atoms with Crippen molar-refractivity contribution in [2.45, 2.75) is 32.6 Å². The van der Waals surface area contributed by atoms with Gasteiger partial charge in [0.05, 0.1) is 5.69 Å². The Bertz CT molecular complexity index is 702. The van der Waals surface area contributed by atoms with Gasteiger partial charge in [-0.15, -0.1) is 0 Å². The van der Waals surface area contributed by atoms with Gasteiger partial charge < -0.3 is 4.98 Å². The number of halogens is 1. The summed E-state index contributed by atoms with van der Waals surface area (Å²) < 4.78 is 0.586. The SMILES string of the molecule is Cc1ccc(-c2nc(C3CC3)c(Br)c(=O)[nH]2)cc1C. The van der Waals surface area contributed by atoms with Gasteiger partial charge in [0.1, 0.15) is 10.3 Å². The van der Waals surface area contributed by atoms with Crippen LogP contribution in [-0.2, 0) is 0 Å². The van der Waals surface area contributed by atoms with Crippen molar-refractivity contribution in [3.8, 4) is 11.4 Å².